The largest absolute Gasteiger partial charge is 0.399 e. The fourth-order valence-corrected chi connectivity index (χ4v) is 11.1. The lowest BCUT2D eigenvalue weighted by Gasteiger charge is -2.41. The van der Waals surface area contributed by atoms with E-state index in [-0.39, 0.29) is 50.0 Å². The third-order valence-electron chi connectivity index (χ3n) is 16.8. The lowest BCUT2D eigenvalue weighted by atomic mass is 9.91. The van der Waals surface area contributed by atoms with E-state index in [0.29, 0.717) is 19.3 Å². The number of nitrogens with zero attached hydrogens (tertiary/aromatic N) is 8. The van der Waals surface area contributed by atoms with Crippen molar-refractivity contribution >= 4 is 71.2 Å². The Bertz CT molecular complexity index is 2490. The third-order valence-corrected chi connectivity index (χ3v) is 16.8. The highest BCUT2D eigenvalue weighted by Crippen LogP contribution is 2.26. The highest BCUT2D eigenvalue weighted by molar-refractivity contribution is 5.99. The van der Waals surface area contributed by atoms with E-state index in [0.717, 1.165) is 14.7 Å². The molecule has 91 heavy (non-hydrogen) atoms. The van der Waals surface area contributed by atoms with Crippen LogP contribution in [0, 0.1) is 35.5 Å². The van der Waals surface area contributed by atoms with Gasteiger partial charge in [0, 0.05) is 62.2 Å². The second-order valence-electron chi connectivity index (χ2n) is 26.6. The topological polar surface area (TPSA) is 310 Å². The summed E-state index contributed by atoms with van der Waals surface area (Å²) in [6.07, 6.45) is 4.15. The predicted octanol–water partition coefficient (Wildman–Crippen LogP) is 3.04. The Hall–Kier alpha value is -6.70. The molecule has 13 atom stereocenters. The van der Waals surface area contributed by atoms with Crippen molar-refractivity contribution in [2.75, 3.05) is 69.6 Å². The average Bonchev–Trinajstić information content (AvgIpc) is 0.949. The number of carbonyl (C=O) groups excluding carboxylic acids is 11. The molecule has 0 aliphatic carbocycles. The molecule has 1 saturated heterocycles. The maximum atomic E-state index is 15.2. The van der Waals surface area contributed by atoms with Crippen LogP contribution in [0.3, 0.4) is 0 Å². The number of allylic oxidation sites excluding steroid dienone is 2. The molecule has 0 saturated carbocycles. The molecule has 0 radical (unpaired) electrons. The summed E-state index contributed by atoms with van der Waals surface area (Å²) < 4.78 is 6.15. The zero-order valence-electron chi connectivity index (χ0n) is 59.3. The molecule has 0 unspecified atom stereocenters. The number of carbonyl (C=O) groups is 11. The summed E-state index contributed by atoms with van der Waals surface area (Å²) in [6.45, 7) is 27.0. The summed E-state index contributed by atoms with van der Waals surface area (Å²) in [5.41, 5.74) is 0. The molecule has 1 aliphatic rings. The summed E-state index contributed by atoms with van der Waals surface area (Å²) in [5, 5.41) is 26.8. The number of nitrogens with one attached hydrogen (secondary N) is 4. The van der Waals surface area contributed by atoms with Crippen LogP contribution in [0.5, 0.6) is 0 Å². The fraction of sp³-hybridized carbons (Fsp3) is 0.785. The second kappa shape index (κ2) is 39.0. The smallest absolute Gasteiger partial charge is 0.246 e. The molecular weight excluding hydrogens is 1170 g/mol. The number of ether oxygens (including phenoxy) is 1. The normalized spacial score (nSPS) is 26.3. The van der Waals surface area contributed by atoms with Crippen molar-refractivity contribution in [3.63, 3.8) is 0 Å². The Balaban J connectivity index is 4.39. The minimum Gasteiger partial charge on any atom is -0.399 e. The van der Waals surface area contributed by atoms with Gasteiger partial charge in [-0.2, -0.15) is 0 Å². The lowest BCUT2D eigenvalue weighted by Crippen LogP contribution is -2.63. The first-order valence-electron chi connectivity index (χ1n) is 32.3. The van der Waals surface area contributed by atoms with Crippen LogP contribution in [0.4, 0.5) is 0 Å². The van der Waals surface area contributed by atoms with Crippen molar-refractivity contribution < 1.29 is 67.4 Å². The minimum absolute atomic E-state index is 0.0122. The number of hydrogen-bond acceptors (Lipinski definition) is 15. The fourth-order valence-electron chi connectivity index (χ4n) is 11.1. The number of rotatable bonds is 20. The van der Waals surface area contributed by atoms with Crippen molar-refractivity contribution in [1.82, 2.24) is 55.6 Å². The Kier molecular flexibility index (Phi) is 35.3. The van der Waals surface area contributed by atoms with E-state index in [9.17, 15) is 48.3 Å². The van der Waals surface area contributed by atoms with Gasteiger partial charge in [0.25, 0.3) is 0 Å². The maximum Gasteiger partial charge on any atom is 0.246 e. The molecule has 1 fully saturated rings. The van der Waals surface area contributed by atoms with Crippen LogP contribution in [0.25, 0.3) is 0 Å². The van der Waals surface area contributed by atoms with Crippen molar-refractivity contribution in [3.8, 4) is 0 Å². The highest BCUT2D eigenvalue weighted by atomic mass is 16.6. The number of likely N-dealkylation sites (N-methyl/N-ethyl adjacent to an activating group) is 7. The number of hydrogen-bond donors (Lipinski definition) is 5. The molecule has 26 heteroatoms. The molecule has 0 aromatic heterocycles. The standard InChI is InChI=1S/C65H116N12O14/c1-25-27-30-42(13)55(79)54-59(83)69-46(26-2)61(85)71(17)36-50(78)75(21)53(45(16)91-32-29-28-31-66-90-24)58(82)70-51(40(9)10)64(88)72(18)47(33-37(3)4)57(81)67-43(14)56(80)68-44(15)60(84)73(19)48(34-38(5)6)62(86)74(20)49(35-39(7)8)63(87)76(22)52(41(11)12)65(89)77(54)23/h25,27,31,37-49,51-55,79H,26,28-30,32-36H2,1-24H3,(H,67,81)(H,68,80)(H,69,83)(H,70,82)/b27-25+,66-31+/t42-,43+,44+,45-,46+,47-,48+,49-,51+,52+,53+,54+,55-/m1/s1. The van der Waals surface area contributed by atoms with E-state index in [1.165, 1.54) is 89.9 Å². The summed E-state index contributed by atoms with van der Waals surface area (Å²) in [5.74, 6) is -10.2. The van der Waals surface area contributed by atoms with E-state index >= 15 is 9.59 Å². The molecular formula is C65H116N12O14. The number of unbranched alkanes of at least 4 members (excludes halogenated alkanes) is 1. The summed E-state index contributed by atoms with van der Waals surface area (Å²) in [7, 11) is 11.2. The number of amides is 11. The first-order chi connectivity index (χ1) is 42.3. The lowest BCUT2D eigenvalue weighted by molar-refractivity contribution is -0.157. The molecule has 0 aromatic carbocycles. The van der Waals surface area contributed by atoms with Gasteiger partial charge < -0.3 is 70.2 Å². The Morgan fingerprint density at radius 2 is 1.03 bits per heavy atom. The van der Waals surface area contributed by atoms with E-state index in [1.54, 1.807) is 73.8 Å². The molecule has 0 bridgehead atoms. The van der Waals surface area contributed by atoms with Crippen molar-refractivity contribution in [2.24, 2.45) is 40.7 Å². The predicted molar refractivity (Wildman–Crippen MR) is 349 cm³/mol. The van der Waals surface area contributed by atoms with Gasteiger partial charge in [-0.25, -0.2) is 0 Å². The van der Waals surface area contributed by atoms with Crippen LogP contribution in [-0.4, -0.2) is 253 Å². The van der Waals surface area contributed by atoms with Gasteiger partial charge in [0.1, 0.15) is 67.5 Å². The highest BCUT2D eigenvalue weighted by Gasteiger charge is 2.46. The summed E-state index contributed by atoms with van der Waals surface area (Å²) in [4.78, 5) is 175. The molecule has 1 heterocycles. The molecule has 520 valence electrons. The minimum atomic E-state index is -1.64. The number of oxime groups is 1. The van der Waals surface area contributed by atoms with Crippen LogP contribution < -0.4 is 21.3 Å². The van der Waals surface area contributed by atoms with Gasteiger partial charge in [-0.05, 0) is 108 Å². The van der Waals surface area contributed by atoms with Crippen LogP contribution in [0.1, 0.15) is 156 Å². The van der Waals surface area contributed by atoms with Gasteiger partial charge >= 0.3 is 0 Å². The molecule has 11 amide bonds. The second-order valence-corrected chi connectivity index (χ2v) is 26.6. The van der Waals surface area contributed by atoms with E-state index in [4.69, 9.17) is 9.57 Å². The zero-order chi connectivity index (χ0) is 70.2. The molecule has 0 aromatic rings. The van der Waals surface area contributed by atoms with E-state index < -0.39 is 162 Å². The number of aliphatic hydroxyl groups is 1. The molecule has 0 spiro atoms. The molecule has 1 rings (SSSR count). The maximum absolute atomic E-state index is 15.2. The van der Waals surface area contributed by atoms with Crippen molar-refractivity contribution in [2.45, 2.75) is 228 Å². The van der Waals surface area contributed by atoms with Crippen LogP contribution in [0.15, 0.2) is 17.3 Å². The van der Waals surface area contributed by atoms with Crippen LogP contribution >= 0.6 is 0 Å². The zero-order valence-corrected chi connectivity index (χ0v) is 59.3. The average molecular weight is 1290 g/mol. The molecule has 26 nitrogen and oxygen atoms in total. The van der Waals surface area contributed by atoms with Gasteiger partial charge in [-0.3, -0.25) is 52.7 Å². The van der Waals surface area contributed by atoms with Crippen molar-refractivity contribution in [1.29, 1.82) is 0 Å². The molecule has 1 aliphatic heterocycles. The van der Waals surface area contributed by atoms with E-state index in [1.807, 2.05) is 41.5 Å². The number of aliphatic hydroxyl groups excluding tert-OH is 1. The Morgan fingerprint density at radius 3 is 1.53 bits per heavy atom. The van der Waals surface area contributed by atoms with Crippen molar-refractivity contribution in [3.05, 3.63) is 12.2 Å². The summed E-state index contributed by atoms with van der Waals surface area (Å²) in [6, 6.07) is -12.9. The Labute approximate surface area is 543 Å². The Morgan fingerprint density at radius 1 is 0.549 bits per heavy atom. The summed E-state index contributed by atoms with van der Waals surface area (Å²) >= 11 is 0. The first-order valence-corrected chi connectivity index (χ1v) is 32.3. The first kappa shape index (κ1) is 82.3. The van der Waals surface area contributed by atoms with Gasteiger partial charge in [0.05, 0.1) is 18.8 Å². The van der Waals surface area contributed by atoms with Gasteiger partial charge in [0.2, 0.25) is 65.0 Å². The monoisotopic (exact) mass is 1290 g/mol. The molecule has 5 N–H and O–H groups in total. The quantitative estimate of drug-likeness (QED) is 0.0507. The van der Waals surface area contributed by atoms with Gasteiger partial charge in [-0.15, -0.1) is 0 Å². The van der Waals surface area contributed by atoms with E-state index in [2.05, 4.69) is 26.4 Å². The van der Waals surface area contributed by atoms with Crippen LogP contribution in [0.2, 0.25) is 0 Å². The third kappa shape index (κ3) is 24.1. The van der Waals surface area contributed by atoms with Gasteiger partial charge in [-0.1, -0.05) is 100 Å². The van der Waals surface area contributed by atoms with Crippen LogP contribution in [-0.2, 0) is 62.3 Å². The SMILES string of the molecule is C/C=C/C[C@@H](C)[C@@H](O)[C@H]1C(=O)N[C@@H](CC)C(=O)N(C)CC(=O)N(C)[C@@H]([C@@H](C)OCCC/C=N/OC)C(=O)N[C@@H](C(C)C)C(=O)N(C)[C@H](CC(C)C)C(=O)N[C@@H](C)C(=O)N[C@@H](C)C(=O)N(C)[C@@H](CC(C)C)C(=O)N(C)[C@H](CC(C)C)C(=O)N(C)[C@@H](C(C)C)C(=O)N1C. The van der Waals surface area contributed by atoms with Gasteiger partial charge in [0.15, 0.2) is 0 Å².